The molecule has 0 unspecified atom stereocenters. The third kappa shape index (κ3) is 4.58. The maximum atomic E-state index is 11.5. The van der Waals surface area contributed by atoms with E-state index in [2.05, 4.69) is 23.9 Å². The number of aromatic nitrogens is 2. The van der Waals surface area contributed by atoms with Gasteiger partial charge in [0, 0.05) is 16.3 Å². The van der Waals surface area contributed by atoms with Gasteiger partial charge in [-0.2, -0.15) is 5.10 Å². The fourth-order valence-corrected chi connectivity index (χ4v) is 3.62. The SMILES string of the molecule is CS(C)(C)CCOCn1ncc([N+](=O)[O-])c1-c1cc(Cl)ccc1C1CC1. The molecule has 26 heavy (non-hydrogen) atoms. The number of nitro groups is 1. The third-order valence-electron chi connectivity index (χ3n) is 4.36. The molecule has 0 amide bonds. The van der Waals surface area contributed by atoms with E-state index in [0.717, 1.165) is 29.7 Å². The maximum absolute atomic E-state index is 11.5. The molecule has 1 aliphatic rings. The van der Waals surface area contributed by atoms with Gasteiger partial charge in [0.05, 0.1) is 11.5 Å². The highest BCUT2D eigenvalue weighted by Gasteiger charge is 2.31. The van der Waals surface area contributed by atoms with Gasteiger partial charge >= 0.3 is 5.69 Å². The van der Waals surface area contributed by atoms with Crippen molar-refractivity contribution in [3.8, 4) is 11.3 Å². The van der Waals surface area contributed by atoms with Gasteiger partial charge in [0.1, 0.15) is 18.6 Å². The lowest BCUT2D eigenvalue weighted by molar-refractivity contribution is -0.384. The molecule has 142 valence electrons. The van der Waals surface area contributed by atoms with Gasteiger partial charge in [-0.1, -0.05) is 17.7 Å². The van der Waals surface area contributed by atoms with Crippen LogP contribution in [-0.4, -0.2) is 45.8 Å². The molecule has 0 N–H and O–H groups in total. The van der Waals surface area contributed by atoms with Gasteiger partial charge in [-0.3, -0.25) is 10.1 Å². The Morgan fingerprint density at radius 1 is 1.38 bits per heavy atom. The minimum atomic E-state index is -0.645. The van der Waals surface area contributed by atoms with Crippen LogP contribution >= 0.6 is 21.6 Å². The first kappa shape index (κ1) is 19.2. The van der Waals surface area contributed by atoms with Crippen LogP contribution in [0.5, 0.6) is 0 Å². The van der Waals surface area contributed by atoms with Crippen LogP contribution in [-0.2, 0) is 11.5 Å². The zero-order valence-electron chi connectivity index (χ0n) is 15.3. The Labute approximate surface area is 160 Å². The van der Waals surface area contributed by atoms with Gasteiger partial charge in [-0.05, 0) is 55.2 Å². The van der Waals surface area contributed by atoms with Crippen LogP contribution in [0.2, 0.25) is 5.02 Å². The van der Waals surface area contributed by atoms with E-state index in [4.69, 9.17) is 16.3 Å². The minimum absolute atomic E-state index is 0.0146. The summed E-state index contributed by atoms with van der Waals surface area (Å²) in [5.41, 5.74) is 2.34. The Balaban J connectivity index is 1.92. The van der Waals surface area contributed by atoms with Gasteiger partial charge in [0.15, 0.2) is 0 Å². The summed E-state index contributed by atoms with van der Waals surface area (Å²) in [5.74, 6) is 1.42. The summed E-state index contributed by atoms with van der Waals surface area (Å²) < 4.78 is 7.34. The van der Waals surface area contributed by atoms with Crippen molar-refractivity contribution in [2.45, 2.75) is 25.5 Å². The summed E-state index contributed by atoms with van der Waals surface area (Å²) >= 11 is 6.19. The van der Waals surface area contributed by atoms with Crippen molar-refractivity contribution in [3.63, 3.8) is 0 Å². The molecule has 1 aliphatic carbocycles. The first-order valence-electron chi connectivity index (χ1n) is 8.50. The van der Waals surface area contributed by atoms with Crippen LogP contribution in [0, 0.1) is 10.1 Å². The number of halogens is 1. The van der Waals surface area contributed by atoms with Gasteiger partial charge in [0.25, 0.3) is 0 Å². The number of benzene rings is 1. The maximum Gasteiger partial charge on any atom is 0.315 e. The van der Waals surface area contributed by atoms with Gasteiger partial charge in [-0.15, -0.1) is 0 Å². The molecule has 0 saturated heterocycles. The van der Waals surface area contributed by atoms with E-state index in [0.29, 0.717) is 23.2 Å². The Morgan fingerprint density at radius 2 is 2.12 bits per heavy atom. The zero-order chi connectivity index (χ0) is 18.9. The molecule has 0 radical (unpaired) electrons. The standard InChI is InChI=1S/C18H24ClN3O3S/c1-26(2,3)9-8-25-12-21-18(17(11-20-21)22(23)24)16-10-14(19)6-7-15(16)13-4-5-13/h6-7,10-11,13H,4-5,8-9,12H2,1-3H3. The highest BCUT2D eigenvalue weighted by atomic mass is 35.5. The van der Waals surface area contributed by atoms with E-state index in [1.807, 2.05) is 12.1 Å². The molecule has 1 heterocycles. The molecule has 1 aromatic heterocycles. The third-order valence-corrected chi connectivity index (χ3v) is 5.98. The Hall–Kier alpha value is -1.57. The van der Waals surface area contributed by atoms with Crippen molar-refractivity contribution >= 4 is 27.3 Å². The second kappa shape index (κ2) is 7.58. The number of hydrogen-bond acceptors (Lipinski definition) is 4. The summed E-state index contributed by atoms with van der Waals surface area (Å²) in [6.45, 7) is 0.798. The topological polar surface area (TPSA) is 70.2 Å². The molecule has 0 aliphatic heterocycles. The van der Waals surface area contributed by atoms with Crippen LogP contribution in [0.4, 0.5) is 5.69 Å². The summed E-state index contributed by atoms with van der Waals surface area (Å²) in [4.78, 5) is 11.1. The molecule has 6 nitrogen and oxygen atoms in total. The molecule has 2 aromatic rings. The molecule has 8 heteroatoms. The summed E-state index contributed by atoms with van der Waals surface area (Å²) in [5, 5.41) is 16.3. The molecular weight excluding hydrogens is 374 g/mol. The predicted octanol–water partition coefficient (Wildman–Crippen LogP) is 4.66. The lowest BCUT2D eigenvalue weighted by Crippen LogP contribution is -2.12. The molecule has 0 spiro atoms. The van der Waals surface area contributed by atoms with Gasteiger partial charge < -0.3 is 4.74 Å². The van der Waals surface area contributed by atoms with Crippen LogP contribution in [0.15, 0.2) is 24.4 Å². The number of hydrogen-bond donors (Lipinski definition) is 0. The lowest BCUT2D eigenvalue weighted by Gasteiger charge is -2.24. The van der Waals surface area contributed by atoms with E-state index in [1.165, 1.54) is 6.20 Å². The Morgan fingerprint density at radius 3 is 2.73 bits per heavy atom. The van der Waals surface area contributed by atoms with Gasteiger partial charge in [0.2, 0.25) is 0 Å². The minimum Gasteiger partial charge on any atom is -0.358 e. The lowest BCUT2D eigenvalue weighted by atomic mass is 10.00. The highest BCUT2D eigenvalue weighted by molar-refractivity contribution is 8.32. The fourth-order valence-electron chi connectivity index (χ4n) is 2.83. The first-order valence-corrected chi connectivity index (χ1v) is 11.9. The Kier molecular flexibility index (Phi) is 5.60. The average Bonchev–Trinajstić information content (AvgIpc) is 3.29. The monoisotopic (exact) mass is 397 g/mol. The molecule has 3 rings (SSSR count). The first-order chi connectivity index (χ1) is 12.3. The van der Waals surface area contributed by atoms with Gasteiger partial charge in [-0.25, -0.2) is 14.7 Å². The molecule has 1 aromatic carbocycles. The van der Waals surface area contributed by atoms with E-state index in [-0.39, 0.29) is 12.4 Å². The number of ether oxygens (including phenoxy) is 1. The normalized spacial score (nSPS) is 15.2. The highest BCUT2D eigenvalue weighted by Crippen LogP contribution is 2.46. The van der Waals surface area contributed by atoms with Crippen LogP contribution in [0.25, 0.3) is 11.3 Å². The predicted molar refractivity (Wildman–Crippen MR) is 107 cm³/mol. The van der Waals surface area contributed by atoms with E-state index >= 15 is 0 Å². The molecular formula is C18H24ClN3O3S. The molecule has 0 bridgehead atoms. The number of rotatable bonds is 8. The van der Waals surface area contributed by atoms with E-state index < -0.39 is 15.0 Å². The fraction of sp³-hybridized carbons (Fsp3) is 0.500. The van der Waals surface area contributed by atoms with E-state index in [9.17, 15) is 10.1 Å². The van der Waals surface area contributed by atoms with Crippen molar-refractivity contribution in [1.82, 2.24) is 9.78 Å². The summed E-state index contributed by atoms with van der Waals surface area (Å²) in [7, 11) is -0.645. The molecule has 1 saturated carbocycles. The quantitative estimate of drug-likeness (QED) is 0.369. The largest absolute Gasteiger partial charge is 0.358 e. The van der Waals surface area contributed by atoms with E-state index in [1.54, 1.807) is 10.7 Å². The van der Waals surface area contributed by atoms with Crippen LogP contribution < -0.4 is 0 Å². The zero-order valence-corrected chi connectivity index (χ0v) is 16.8. The van der Waals surface area contributed by atoms with Crippen molar-refractivity contribution in [2.75, 3.05) is 31.1 Å². The van der Waals surface area contributed by atoms with Crippen molar-refractivity contribution in [2.24, 2.45) is 0 Å². The van der Waals surface area contributed by atoms with Crippen molar-refractivity contribution in [3.05, 3.63) is 45.1 Å². The van der Waals surface area contributed by atoms with Crippen LogP contribution in [0.1, 0.15) is 24.3 Å². The smallest absolute Gasteiger partial charge is 0.315 e. The van der Waals surface area contributed by atoms with Crippen molar-refractivity contribution in [1.29, 1.82) is 0 Å². The second-order valence-electron chi connectivity index (χ2n) is 7.47. The molecule has 0 atom stereocenters. The van der Waals surface area contributed by atoms with Crippen molar-refractivity contribution < 1.29 is 9.66 Å². The second-order valence-corrected chi connectivity index (χ2v) is 12.5. The Bertz CT molecular complexity index is 812. The van der Waals surface area contributed by atoms with Crippen LogP contribution in [0.3, 0.4) is 0 Å². The summed E-state index contributed by atoms with van der Waals surface area (Å²) in [6.07, 6.45) is 10.2. The average molecular weight is 398 g/mol. The number of nitrogens with zero attached hydrogens (tertiary/aromatic N) is 3. The molecule has 1 fully saturated rings. The summed E-state index contributed by atoms with van der Waals surface area (Å²) in [6, 6.07) is 5.61.